The van der Waals surface area contributed by atoms with E-state index in [1.54, 1.807) is 7.11 Å². The van der Waals surface area contributed by atoms with Crippen LogP contribution in [-0.4, -0.2) is 39.5 Å². The predicted molar refractivity (Wildman–Crippen MR) is 64.3 cm³/mol. The molecular formula is C12H27NO2. The molecule has 92 valence electrons. The van der Waals surface area contributed by atoms with Crippen molar-refractivity contribution in [1.29, 1.82) is 0 Å². The molecule has 0 bridgehead atoms. The van der Waals surface area contributed by atoms with Gasteiger partial charge in [-0.3, -0.25) is 0 Å². The van der Waals surface area contributed by atoms with Crippen LogP contribution in [0.4, 0.5) is 0 Å². The molecule has 1 N–H and O–H groups in total. The van der Waals surface area contributed by atoms with E-state index in [1.165, 1.54) is 0 Å². The molecular weight excluding hydrogens is 190 g/mol. The van der Waals surface area contributed by atoms with E-state index in [9.17, 15) is 0 Å². The number of likely N-dealkylation sites (N-methyl/N-ethyl adjacent to an activating group) is 1. The molecule has 0 saturated heterocycles. The zero-order valence-corrected chi connectivity index (χ0v) is 10.9. The average molecular weight is 217 g/mol. The Bertz CT molecular complexity index is 138. The molecule has 0 aromatic carbocycles. The lowest BCUT2D eigenvalue weighted by Crippen LogP contribution is -2.50. The van der Waals surface area contributed by atoms with Crippen molar-refractivity contribution >= 4 is 0 Å². The molecule has 0 heterocycles. The van der Waals surface area contributed by atoms with Crippen LogP contribution < -0.4 is 5.32 Å². The van der Waals surface area contributed by atoms with Gasteiger partial charge in [0.05, 0.1) is 5.60 Å². The zero-order valence-electron chi connectivity index (χ0n) is 10.9. The Morgan fingerprint density at radius 3 is 2.13 bits per heavy atom. The third-order valence-corrected chi connectivity index (χ3v) is 3.43. The van der Waals surface area contributed by atoms with Gasteiger partial charge in [0.25, 0.3) is 0 Å². The van der Waals surface area contributed by atoms with Crippen molar-refractivity contribution in [3.8, 4) is 0 Å². The molecule has 1 unspecified atom stereocenters. The van der Waals surface area contributed by atoms with E-state index in [0.717, 1.165) is 32.3 Å². The first kappa shape index (κ1) is 14.9. The fourth-order valence-corrected chi connectivity index (χ4v) is 2.28. The quantitative estimate of drug-likeness (QED) is 0.601. The van der Waals surface area contributed by atoms with E-state index in [-0.39, 0.29) is 5.60 Å². The van der Waals surface area contributed by atoms with Crippen LogP contribution in [0.15, 0.2) is 0 Å². The summed E-state index contributed by atoms with van der Waals surface area (Å²) in [4.78, 5) is 0. The second-order valence-corrected chi connectivity index (χ2v) is 3.95. The second kappa shape index (κ2) is 8.08. The minimum atomic E-state index is -0.0253. The van der Waals surface area contributed by atoms with E-state index in [1.807, 2.05) is 14.2 Å². The van der Waals surface area contributed by atoms with Gasteiger partial charge < -0.3 is 14.8 Å². The molecule has 0 aliphatic carbocycles. The van der Waals surface area contributed by atoms with Crippen molar-refractivity contribution in [2.75, 3.05) is 27.9 Å². The topological polar surface area (TPSA) is 30.5 Å². The third-order valence-electron chi connectivity index (χ3n) is 3.43. The van der Waals surface area contributed by atoms with E-state index in [0.29, 0.717) is 6.04 Å². The Hall–Kier alpha value is -0.120. The molecule has 0 saturated carbocycles. The summed E-state index contributed by atoms with van der Waals surface area (Å²) in [7, 11) is 5.57. The van der Waals surface area contributed by atoms with Gasteiger partial charge in [0.2, 0.25) is 0 Å². The summed E-state index contributed by atoms with van der Waals surface area (Å²) < 4.78 is 10.8. The Kier molecular flexibility index (Phi) is 8.02. The summed E-state index contributed by atoms with van der Waals surface area (Å²) in [5.74, 6) is 0. The van der Waals surface area contributed by atoms with Crippen LogP contribution in [0.3, 0.4) is 0 Å². The van der Waals surface area contributed by atoms with E-state index in [2.05, 4.69) is 19.2 Å². The molecule has 3 nitrogen and oxygen atoms in total. The minimum absolute atomic E-state index is 0.0253. The molecule has 0 rings (SSSR count). The normalized spacial score (nSPS) is 14.2. The summed E-state index contributed by atoms with van der Waals surface area (Å²) in [6.45, 7) is 5.20. The Balaban J connectivity index is 4.31. The van der Waals surface area contributed by atoms with Crippen LogP contribution in [0.5, 0.6) is 0 Å². The molecule has 0 amide bonds. The SMILES string of the molecule is CCC(CC)(OC)C(CCCOC)NC. The Morgan fingerprint density at radius 2 is 1.80 bits per heavy atom. The Morgan fingerprint density at radius 1 is 1.20 bits per heavy atom. The molecule has 0 aromatic rings. The summed E-state index contributed by atoms with van der Waals surface area (Å²) in [5, 5.41) is 3.37. The molecule has 3 heteroatoms. The van der Waals surface area contributed by atoms with Crippen molar-refractivity contribution in [3.05, 3.63) is 0 Å². The maximum atomic E-state index is 5.72. The van der Waals surface area contributed by atoms with Gasteiger partial charge >= 0.3 is 0 Å². The van der Waals surface area contributed by atoms with Gasteiger partial charge in [-0.15, -0.1) is 0 Å². The summed E-state index contributed by atoms with van der Waals surface area (Å²) >= 11 is 0. The van der Waals surface area contributed by atoms with Gasteiger partial charge in [0.15, 0.2) is 0 Å². The third kappa shape index (κ3) is 4.09. The molecule has 0 aromatic heterocycles. The lowest BCUT2D eigenvalue weighted by molar-refractivity contribution is -0.0489. The molecule has 0 aliphatic heterocycles. The van der Waals surface area contributed by atoms with Crippen LogP contribution in [0, 0.1) is 0 Å². The van der Waals surface area contributed by atoms with Crippen molar-refractivity contribution in [2.45, 2.75) is 51.2 Å². The summed E-state index contributed by atoms with van der Waals surface area (Å²) in [6, 6.07) is 0.410. The zero-order chi connectivity index (χ0) is 11.7. The van der Waals surface area contributed by atoms with Gasteiger partial charge in [-0.2, -0.15) is 0 Å². The van der Waals surface area contributed by atoms with E-state index >= 15 is 0 Å². The van der Waals surface area contributed by atoms with Crippen LogP contribution in [-0.2, 0) is 9.47 Å². The molecule has 15 heavy (non-hydrogen) atoms. The first-order chi connectivity index (χ1) is 7.20. The highest BCUT2D eigenvalue weighted by molar-refractivity contribution is 4.90. The predicted octanol–water partition coefficient (Wildman–Crippen LogP) is 2.21. The van der Waals surface area contributed by atoms with E-state index in [4.69, 9.17) is 9.47 Å². The van der Waals surface area contributed by atoms with Crippen LogP contribution in [0.2, 0.25) is 0 Å². The van der Waals surface area contributed by atoms with Crippen molar-refractivity contribution in [3.63, 3.8) is 0 Å². The van der Waals surface area contributed by atoms with Gasteiger partial charge in [0.1, 0.15) is 0 Å². The Labute approximate surface area is 94.5 Å². The maximum Gasteiger partial charge on any atom is 0.0825 e. The van der Waals surface area contributed by atoms with Gasteiger partial charge in [-0.25, -0.2) is 0 Å². The van der Waals surface area contributed by atoms with Gasteiger partial charge in [-0.1, -0.05) is 13.8 Å². The molecule has 0 radical (unpaired) electrons. The number of ether oxygens (including phenoxy) is 2. The number of methoxy groups -OCH3 is 2. The number of hydrogen-bond acceptors (Lipinski definition) is 3. The van der Waals surface area contributed by atoms with Gasteiger partial charge in [0, 0.05) is 26.9 Å². The standard InChI is InChI=1S/C12H27NO2/c1-6-12(7-2,15-5)11(13-3)9-8-10-14-4/h11,13H,6-10H2,1-5H3. The van der Waals surface area contributed by atoms with Crippen LogP contribution >= 0.6 is 0 Å². The van der Waals surface area contributed by atoms with Crippen LogP contribution in [0.25, 0.3) is 0 Å². The molecule has 1 atom stereocenters. The number of hydrogen-bond donors (Lipinski definition) is 1. The highest BCUT2D eigenvalue weighted by Gasteiger charge is 2.34. The highest BCUT2D eigenvalue weighted by atomic mass is 16.5. The lowest BCUT2D eigenvalue weighted by atomic mass is 9.85. The van der Waals surface area contributed by atoms with Gasteiger partial charge in [-0.05, 0) is 32.7 Å². The van der Waals surface area contributed by atoms with E-state index < -0.39 is 0 Å². The summed E-state index contributed by atoms with van der Waals surface area (Å²) in [5.41, 5.74) is -0.0253. The van der Waals surface area contributed by atoms with Crippen molar-refractivity contribution < 1.29 is 9.47 Å². The monoisotopic (exact) mass is 217 g/mol. The van der Waals surface area contributed by atoms with Crippen molar-refractivity contribution in [1.82, 2.24) is 5.32 Å². The first-order valence-electron chi connectivity index (χ1n) is 5.92. The first-order valence-corrected chi connectivity index (χ1v) is 5.92. The smallest absolute Gasteiger partial charge is 0.0825 e. The largest absolute Gasteiger partial charge is 0.385 e. The highest BCUT2D eigenvalue weighted by Crippen LogP contribution is 2.26. The molecule has 0 aliphatic rings. The fraction of sp³-hybridized carbons (Fsp3) is 1.00. The van der Waals surface area contributed by atoms with Crippen molar-refractivity contribution in [2.24, 2.45) is 0 Å². The second-order valence-electron chi connectivity index (χ2n) is 3.95. The molecule has 0 spiro atoms. The lowest BCUT2D eigenvalue weighted by Gasteiger charge is -2.38. The number of rotatable bonds is 9. The summed E-state index contributed by atoms with van der Waals surface area (Å²) in [6.07, 6.45) is 4.25. The average Bonchev–Trinajstić information content (AvgIpc) is 2.29. The molecule has 0 fully saturated rings. The maximum absolute atomic E-state index is 5.72. The number of nitrogens with one attached hydrogen (secondary N) is 1. The van der Waals surface area contributed by atoms with Crippen LogP contribution in [0.1, 0.15) is 39.5 Å². The minimum Gasteiger partial charge on any atom is -0.385 e. The fourth-order valence-electron chi connectivity index (χ4n) is 2.28.